The summed E-state index contributed by atoms with van der Waals surface area (Å²) in [5.74, 6) is 0.126. The van der Waals surface area contributed by atoms with E-state index < -0.39 is 6.10 Å². The second-order valence-corrected chi connectivity index (χ2v) is 5.09. The molecular formula is C15H19ClN2O2. The van der Waals surface area contributed by atoms with E-state index in [-0.39, 0.29) is 17.5 Å². The molecule has 1 amide bonds. The van der Waals surface area contributed by atoms with Crippen molar-refractivity contribution in [2.45, 2.75) is 45.8 Å². The smallest absolute Gasteiger partial charge is 0.260 e. The van der Waals surface area contributed by atoms with Gasteiger partial charge in [-0.25, -0.2) is 0 Å². The molecule has 0 saturated heterocycles. The summed E-state index contributed by atoms with van der Waals surface area (Å²) in [7, 11) is 0. The Morgan fingerprint density at radius 2 is 2.20 bits per heavy atom. The summed E-state index contributed by atoms with van der Waals surface area (Å²) in [5.41, 5.74) is 0.246. The second-order valence-electron chi connectivity index (χ2n) is 4.68. The van der Waals surface area contributed by atoms with Crippen molar-refractivity contribution in [2.24, 2.45) is 0 Å². The van der Waals surface area contributed by atoms with Gasteiger partial charge in [-0.05, 0) is 32.4 Å². The maximum Gasteiger partial charge on any atom is 0.260 e. The number of hydrogen-bond acceptors (Lipinski definition) is 3. The van der Waals surface area contributed by atoms with Gasteiger partial charge in [-0.3, -0.25) is 4.79 Å². The zero-order valence-electron chi connectivity index (χ0n) is 11.9. The highest BCUT2D eigenvalue weighted by atomic mass is 35.5. The topological polar surface area (TPSA) is 62.1 Å². The van der Waals surface area contributed by atoms with Crippen molar-refractivity contribution in [3.63, 3.8) is 0 Å². The summed E-state index contributed by atoms with van der Waals surface area (Å²) in [5, 5.41) is 12.2. The third kappa shape index (κ3) is 4.43. The number of carbonyl (C=O) groups excluding carboxylic acids is 1. The molecule has 0 heterocycles. The molecule has 2 unspecified atom stereocenters. The highest BCUT2D eigenvalue weighted by molar-refractivity contribution is 6.31. The van der Waals surface area contributed by atoms with Crippen LogP contribution in [-0.2, 0) is 4.79 Å². The average molecular weight is 295 g/mol. The summed E-state index contributed by atoms with van der Waals surface area (Å²) in [4.78, 5) is 12.0. The number of nitrogens with one attached hydrogen (secondary N) is 1. The highest BCUT2D eigenvalue weighted by Crippen LogP contribution is 2.26. The largest absolute Gasteiger partial charge is 0.479 e. The van der Waals surface area contributed by atoms with Crippen LogP contribution in [0, 0.1) is 11.3 Å². The Bertz CT molecular complexity index is 511. The number of nitrogens with zero attached hydrogens (tertiary/aromatic N) is 1. The molecule has 0 aliphatic rings. The molecule has 1 N–H and O–H groups in total. The van der Waals surface area contributed by atoms with Crippen LogP contribution in [-0.4, -0.2) is 18.1 Å². The quantitative estimate of drug-likeness (QED) is 0.876. The van der Waals surface area contributed by atoms with E-state index in [1.807, 2.05) is 13.0 Å². The lowest BCUT2D eigenvalue weighted by Crippen LogP contribution is -2.41. The lowest BCUT2D eigenvalue weighted by Gasteiger charge is -2.19. The molecule has 0 saturated carbocycles. The van der Waals surface area contributed by atoms with E-state index in [2.05, 4.69) is 12.2 Å². The third-order valence-corrected chi connectivity index (χ3v) is 3.19. The van der Waals surface area contributed by atoms with Crippen molar-refractivity contribution >= 4 is 17.5 Å². The molecule has 0 radical (unpaired) electrons. The van der Waals surface area contributed by atoms with Crippen LogP contribution in [0.15, 0.2) is 18.2 Å². The molecule has 0 aliphatic heterocycles. The summed E-state index contributed by atoms with van der Waals surface area (Å²) in [6.45, 7) is 5.66. The van der Waals surface area contributed by atoms with Crippen LogP contribution in [0.25, 0.3) is 0 Å². The molecule has 4 nitrogen and oxygen atoms in total. The van der Waals surface area contributed by atoms with Gasteiger partial charge in [0.05, 0.1) is 5.02 Å². The summed E-state index contributed by atoms with van der Waals surface area (Å²) in [6, 6.07) is 7.01. The monoisotopic (exact) mass is 294 g/mol. The SMILES string of the molecule is CCCC(C)NC(=O)C(C)Oc1cccc(Cl)c1C#N. The number of carbonyl (C=O) groups is 1. The van der Waals surface area contributed by atoms with Crippen molar-refractivity contribution < 1.29 is 9.53 Å². The fourth-order valence-corrected chi connectivity index (χ4v) is 2.03. The lowest BCUT2D eigenvalue weighted by atomic mass is 10.2. The first-order valence-corrected chi connectivity index (χ1v) is 7.03. The molecule has 0 aliphatic carbocycles. The molecule has 2 atom stereocenters. The predicted molar refractivity (Wildman–Crippen MR) is 78.8 cm³/mol. The first kappa shape index (κ1) is 16.3. The first-order chi connectivity index (χ1) is 9.49. The van der Waals surface area contributed by atoms with Crippen molar-refractivity contribution in [1.29, 1.82) is 5.26 Å². The summed E-state index contributed by atoms with van der Waals surface area (Å²) >= 11 is 5.92. The number of benzene rings is 1. The fraction of sp³-hybridized carbons (Fsp3) is 0.467. The van der Waals surface area contributed by atoms with Gasteiger partial charge in [-0.15, -0.1) is 0 Å². The molecule has 0 fully saturated rings. The normalized spacial score (nSPS) is 13.2. The van der Waals surface area contributed by atoms with Gasteiger partial charge in [-0.1, -0.05) is 31.0 Å². The molecule has 5 heteroatoms. The Morgan fingerprint density at radius 1 is 1.50 bits per heavy atom. The number of ether oxygens (including phenoxy) is 1. The number of rotatable bonds is 6. The minimum absolute atomic E-state index is 0.105. The minimum atomic E-state index is -0.681. The van der Waals surface area contributed by atoms with Gasteiger partial charge in [0.25, 0.3) is 5.91 Å². The van der Waals surface area contributed by atoms with Crippen LogP contribution in [0.2, 0.25) is 5.02 Å². The number of amides is 1. The van der Waals surface area contributed by atoms with Crippen LogP contribution in [0.5, 0.6) is 5.75 Å². The van der Waals surface area contributed by atoms with Crippen molar-refractivity contribution in [1.82, 2.24) is 5.32 Å². The van der Waals surface area contributed by atoms with Crippen LogP contribution < -0.4 is 10.1 Å². The zero-order chi connectivity index (χ0) is 15.1. The highest BCUT2D eigenvalue weighted by Gasteiger charge is 2.18. The van der Waals surface area contributed by atoms with Crippen LogP contribution >= 0.6 is 11.6 Å². The maximum atomic E-state index is 12.0. The Labute approximate surface area is 124 Å². The van der Waals surface area contributed by atoms with E-state index in [1.165, 1.54) is 0 Å². The molecule has 108 valence electrons. The number of hydrogen-bond donors (Lipinski definition) is 1. The average Bonchev–Trinajstić information content (AvgIpc) is 2.39. The maximum absolute atomic E-state index is 12.0. The molecule has 20 heavy (non-hydrogen) atoms. The van der Waals surface area contributed by atoms with Gasteiger partial charge in [0.15, 0.2) is 6.10 Å². The molecular weight excluding hydrogens is 276 g/mol. The van der Waals surface area contributed by atoms with Gasteiger partial charge >= 0.3 is 0 Å². The van der Waals surface area contributed by atoms with Crippen LogP contribution in [0.3, 0.4) is 0 Å². The number of nitriles is 1. The minimum Gasteiger partial charge on any atom is -0.479 e. The lowest BCUT2D eigenvalue weighted by molar-refractivity contribution is -0.127. The molecule has 1 rings (SSSR count). The Kier molecular flexibility index (Phi) is 6.33. The molecule has 1 aromatic rings. The van der Waals surface area contributed by atoms with Gasteiger partial charge in [0.1, 0.15) is 17.4 Å². The second kappa shape index (κ2) is 7.76. The van der Waals surface area contributed by atoms with Gasteiger partial charge < -0.3 is 10.1 Å². The van der Waals surface area contributed by atoms with Crippen molar-refractivity contribution in [3.8, 4) is 11.8 Å². The predicted octanol–water partition coefficient (Wildman–Crippen LogP) is 3.28. The first-order valence-electron chi connectivity index (χ1n) is 6.65. The summed E-state index contributed by atoms with van der Waals surface area (Å²) in [6.07, 6.45) is 1.24. The Balaban J connectivity index is 2.71. The Morgan fingerprint density at radius 3 is 2.80 bits per heavy atom. The van der Waals surface area contributed by atoms with Crippen molar-refractivity contribution in [3.05, 3.63) is 28.8 Å². The van der Waals surface area contributed by atoms with E-state index >= 15 is 0 Å². The van der Waals surface area contributed by atoms with Gasteiger partial charge in [0, 0.05) is 6.04 Å². The van der Waals surface area contributed by atoms with Crippen molar-refractivity contribution in [2.75, 3.05) is 0 Å². The van der Waals surface area contributed by atoms with E-state index in [9.17, 15) is 4.79 Å². The van der Waals surface area contributed by atoms with Crippen LogP contribution in [0.4, 0.5) is 0 Å². The van der Waals surface area contributed by atoms with Gasteiger partial charge in [-0.2, -0.15) is 5.26 Å². The van der Waals surface area contributed by atoms with E-state index in [1.54, 1.807) is 25.1 Å². The zero-order valence-corrected chi connectivity index (χ0v) is 12.7. The van der Waals surface area contributed by atoms with Crippen LogP contribution in [0.1, 0.15) is 39.2 Å². The van der Waals surface area contributed by atoms with E-state index in [0.29, 0.717) is 10.8 Å². The molecule has 0 spiro atoms. The molecule has 1 aromatic carbocycles. The van der Waals surface area contributed by atoms with E-state index in [4.69, 9.17) is 21.6 Å². The third-order valence-electron chi connectivity index (χ3n) is 2.87. The van der Waals surface area contributed by atoms with Gasteiger partial charge in [0.2, 0.25) is 0 Å². The van der Waals surface area contributed by atoms with E-state index in [0.717, 1.165) is 12.8 Å². The standard InChI is InChI=1S/C15H19ClN2O2/c1-4-6-10(2)18-15(19)11(3)20-14-8-5-7-13(16)12(14)9-17/h5,7-8,10-11H,4,6H2,1-3H3,(H,18,19). The summed E-state index contributed by atoms with van der Waals surface area (Å²) < 4.78 is 5.54. The number of halogens is 1. The molecule has 0 aromatic heterocycles. The fourth-order valence-electron chi connectivity index (χ4n) is 1.82. The Hall–Kier alpha value is -1.73. The molecule has 0 bridgehead atoms.